The number of amides is 1. The zero-order valence-electron chi connectivity index (χ0n) is 8.81. The monoisotopic (exact) mass is 186 g/mol. The molecule has 0 aliphatic rings. The van der Waals surface area contributed by atoms with Gasteiger partial charge in [0.15, 0.2) is 0 Å². The predicted octanol–water partition coefficient (Wildman–Crippen LogP) is 1.42. The Kier molecular flexibility index (Phi) is 7.69. The average molecular weight is 186 g/mol. The number of nitrogens with one attached hydrogen (secondary N) is 1. The van der Waals surface area contributed by atoms with Crippen LogP contribution in [0, 0.1) is 0 Å². The van der Waals surface area contributed by atoms with Crippen LogP contribution in [-0.4, -0.2) is 18.5 Å². The van der Waals surface area contributed by atoms with Crippen molar-refractivity contribution in [2.24, 2.45) is 5.73 Å². The number of hydrogen-bond donors (Lipinski definition) is 2. The zero-order chi connectivity index (χ0) is 10.1. The highest BCUT2D eigenvalue weighted by molar-refractivity contribution is 5.76. The van der Waals surface area contributed by atoms with E-state index in [0.29, 0.717) is 19.0 Å². The lowest BCUT2D eigenvalue weighted by Crippen LogP contribution is -2.34. The molecule has 1 unspecified atom stereocenters. The van der Waals surface area contributed by atoms with E-state index in [1.54, 1.807) is 0 Å². The lowest BCUT2D eigenvalue weighted by Gasteiger charge is -2.15. The van der Waals surface area contributed by atoms with Crippen LogP contribution in [0.5, 0.6) is 0 Å². The van der Waals surface area contributed by atoms with Gasteiger partial charge in [-0.15, -0.1) is 0 Å². The van der Waals surface area contributed by atoms with E-state index in [0.717, 1.165) is 25.7 Å². The first-order valence-electron chi connectivity index (χ1n) is 5.24. The molecule has 3 nitrogen and oxygen atoms in total. The third-order valence-electron chi connectivity index (χ3n) is 2.10. The normalized spacial score (nSPS) is 12.5. The molecule has 0 saturated carbocycles. The van der Waals surface area contributed by atoms with Gasteiger partial charge >= 0.3 is 0 Å². The van der Waals surface area contributed by atoms with Gasteiger partial charge in [0.05, 0.1) is 0 Å². The van der Waals surface area contributed by atoms with Gasteiger partial charge in [-0.3, -0.25) is 4.79 Å². The maximum atomic E-state index is 11.3. The Bertz CT molecular complexity index is 137. The third kappa shape index (κ3) is 6.58. The highest BCUT2D eigenvalue weighted by Crippen LogP contribution is 2.01. The fourth-order valence-corrected chi connectivity index (χ4v) is 1.29. The first-order valence-corrected chi connectivity index (χ1v) is 5.24. The minimum absolute atomic E-state index is 0.144. The van der Waals surface area contributed by atoms with E-state index < -0.39 is 0 Å². The van der Waals surface area contributed by atoms with Crippen molar-refractivity contribution in [2.75, 3.05) is 6.54 Å². The third-order valence-corrected chi connectivity index (χ3v) is 2.10. The van der Waals surface area contributed by atoms with E-state index in [2.05, 4.69) is 19.2 Å². The van der Waals surface area contributed by atoms with Crippen molar-refractivity contribution < 1.29 is 4.79 Å². The van der Waals surface area contributed by atoms with Crippen molar-refractivity contribution in [2.45, 2.75) is 52.0 Å². The van der Waals surface area contributed by atoms with Crippen molar-refractivity contribution in [1.82, 2.24) is 5.32 Å². The predicted molar refractivity (Wildman–Crippen MR) is 55.4 cm³/mol. The van der Waals surface area contributed by atoms with Crippen LogP contribution in [-0.2, 0) is 4.79 Å². The quantitative estimate of drug-likeness (QED) is 0.632. The van der Waals surface area contributed by atoms with Gasteiger partial charge in [-0.25, -0.2) is 0 Å². The van der Waals surface area contributed by atoms with E-state index in [1.807, 2.05) is 0 Å². The molecule has 0 heterocycles. The molecule has 3 heteroatoms. The van der Waals surface area contributed by atoms with Gasteiger partial charge in [-0.2, -0.15) is 0 Å². The number of rotatable bonds is 7. The summed E-state index contributed by atoms with van der Waals surface area (Å²) in [6.45, 7) is 4.83. The van der Waals surface area contributed by atoms with Gasteiger partial charge in [0.2, 0.25) is 5.91 Å². The number of hydrogen-bond acceptors (Lipinski definition) is 2. The molecular weight excluding hydrogens is 164 g/mol. The van der Waals surface area contributed by atoms with Gasteiger partial charge in [0.25, 0.3) is 0 Å². The van der Waals surface area contributed by atoms with Crippen molar-refractivity contribution in [1.29, 1.82) is 0 Å². The van der Waals surface area contributed by atoms with Crippen LogP contribution in [0.15, 0.2) is 0 Å². The van der Waals surface area contributed by atoms with Crippen molar-refractivity contribution >= 4 is 5.91 Å². The molecule has 0 spiro atoms. The molecule has 1 amide bonds. The van der Waals surface area contributed by atoms with E-state index in [9.17, 15) is 4.79 Å². The Labute approximate surface area is 81.1 Å². The summed E-state index contributed by atoms with van der Waals surface area (Å²) in [5.41, 5.74) is 5.32. The average Bonchev–Trinajstić information content (AvgIpc) is 2.14. The maximum absolute atomic E-state index is 11.3. The Morgan fingerprint density at radius 1 is 1.46 bits per heavy atom. The lowest BCUT2D eigenvalue weighted by atomic mass is 10.1. The molecule has 78 valence electrons. The van der Waals surface area contributed by atoms with Crippen LogP contribution in [0.3, 0.4) is 0 Å². The number of carbonyl (C=O) groups excluding carboxylic acids is 1. The zero-order valence-corrected chi connectivity index (χ0v) is 8.81. The second-order valence-electron chi connectivity index (χ2n) is 3.35. The fraction of sp³-hybridized carbons (Fsp3) is 0.900. The van der Waals surface area contributed by atoms with Crippen LogP contribution in [0.2, 0.25) is 0 Å². The largest absolute Gasteiger partial charge is 0.353 e. The molecular formula is C10H22N2O. The molecule has 0 saturated heterocycles. The summed E-state index contributed by atoms with van der Waals surface area (Å²) in [6.07, 6.45) is 4.56. The summed E-state index contributed by atoms with van der Waals surface area (Å²) in [7, 11) is 0. The molecule has 0 fully saturated rings. The van der Waals surface area contributed by atoms with Crippen LogP contribution in [0.25, 0.3) is 0 Å². The van der Waals surface area contributed by atoms with Crippen LogP contribution in [0.4, 0.5) is 0 Å². The van der Waals surface area contributed by atoms with Gasteiger partial charge in [-0.05, 0) is 25.8 Å². The van der Waals surface area contributed by atoms with Crippen LogP contribution < -0.4 is 11.1 Å². The number of nitrogens with two attached hydrogens (primary N) is 1. The van der Waals surface area contributed by atoms with Crippen molar-refractivity contribution in [3.63, 3.8) is 0 Å². The van der Waals surface area contributed by atoms with Gasteiger partial charge in [0, 0.05) is 12.5 Å². The van der Waals surface area contributed by atoms with E-state index in [4.69, 9.17) is 5.73 Å². The number of carbonyl (C=O) groups is 1. The molecule has 0 aromatic rings. The second-order valence-corrected chi connectivity index (χ2v) is 3.35. The first-order chi connectivity index (χ1) is 6.24. The summed E-state index contributed by atoms with van der Waals surface area (Å²) >= 11 is 0. The standard InChI is InChI=1S/C10H22N2O/c1-3-6-9(4-2)12-10(13)7-5-8-11/h9H,3-8,11H2,1-2H3,(H,12,13). The van der Waals surface area contributed by atoms with Gasteiger partial charge < -0.3 is 11.1 Å². The summed E-state index contributed by atoms with van der Waals surface area (Å²) in [6, 6.07) is 0.357. The van der Waals surface area contributed by atoms with Crippen molar-refractivity contribution in [3.8, 4) is 0 Å². The van der Waals surface area contributed by atoms with Crippen molar-refractivity contribution in [3.05, 3.63) is 0 Å². The van der Waals surface area contributed by atoms with E-state index >= 15 is 0 Å². The molecule has 0 aliphatic heterocycles. The maximum Gasteiger partial charge on any atom is 0.220 e. The summed E-state index contributed by atoms with van der Waals surface area (Å²) < 4.78 is 0. The SMILES string of the molecule is CCCC(CC)NC(=O)CCCN. The molecule has 0 aromatic heterocycles. The highest BCUT2D eigenvalue weighted by atomic mass is 16.1. The smallest absolute Gasteiger partial charge is 0.220 e. The van der Waals surface area contributed by atoms with E-state index in [1.165, 1.54) is 0 Å². The minimum Gasteiger partial charge on any atom is -0.353 e. The molecule has 1 atom stereocenters. The molecule has 13 heavy (non-hydrogen) atoms. The van der Waals surface area contributed by atoms with Crippen LogP contribution >= 0.6 is 0 Å². The topological polar surface area (TPSA) is 55.1 Å². The lowest BCUT2D eigenvalue weighted by molar-refractivity contribution is -0.121. The molecule has 0 bridgehead atoms. The van der Waals surface area contributed by atoms with Gasteiger partial charge in [-0.1, -0.05) is 20.3 Å². The van der Waals surface area contributed by atoms with Gasteiger partial charge in [0.1, 0.15) is 0 Å². The molecule has 0 radical (unpaired) electrons. The summed E-state index contributed by atoms with van der Waals surface area (Å²) in [5.74, 6) is 0.144. The Morgan fingerprint density at radius 3 is 2.62 bits per heavy atom. The summed E-state index contributed by atoms with van der Waals surface area (Å²) in [4.78, 5) is 11.3. The first kappa shape index (κ1) is 12.4. The van der Waals surface area contributed by atoms with E-state index in [-0.39, 0.29) is 5.91 Å². The summed E-state index contributed by atoms with van der Waals surface area (Å²) in [5, 5.41) is 3.01. The highest BCUT2D eigenvalue weighted by Gasteiger charge is 2.07. The van der Waals surface area contributed by atoms with Crippen LogP contribution in [0.1, 0.15) is 46.0 Å². The molecule has 0 aromatic carbocycles. The Hall–Kier alpha value is -0.570. The molecule has 0 rings (SSSR count). The minimum atomic E-state index is 0.144. The second kappa shape index (κ2) is 8.05. The molecule has 3 N–H and O–H groups in total. The Balaban J connectivity index is 3.60. The Morgan fingerprint density at radius 2 is 2.15 bits per heavy atom. The molecule has 0 aliphatic carbocycles. The fourth-order valence-electron chi connectivity index (χ4n) is 1.29.